The van der Waals surface area contributed by atoms with Gasteiger partial charge < -0.3 is 19.1 Å². The molecule has 8 nitrogen and oxygen atoms in total. The molecule has 0 N–H and O–H groups in total. The number of non-ortho nitro benzene ring substituents is 1. The molecule has 0 unspecified atom stereocenters. The highest BCUT2D eigenvalue weighted by molar-refractivity contribution is 5.95. The number of alkyl halides is 3. The highest BCUT2D eigenvalue weighted by Crippen LogP contribution is 2.39. The molecule has 1 aliphatic heterocycles. The van der Waals surface area contributed by atoms with Gasteiger partial charge in [0, 0.05) is 24.2 Å². The van der Waals surface area contributed by atoms with E-state index in [9.17, 15) is 28.1 Å². The molecular formula is C26H23F3N2O6. The average Bonchev–Trinajstić information content (AvgIpc) is 2.90. The number of hydrogen-bond donors (Lipinski definition) is 0. The summed E-state index contributed by atoms with van der Waals surface area (Å²) in [6.07, 6.45) is -4.08. The zero-order chi connectivity index (χ0) is 26.7. The number of amides is 1. The molecule has 194 valence electrons. The van der Waals surface area contributed by atoms with Gasteiger partial charge in [0.15, 0.2) is 11.5 Å². The highest BCUT2D eigenvalue weighted by Gasteiger charge is 2.34. The molecule has 11 heteroatoms. The smallest absolute Gasteiger partial charge is 0.416 e. The van der Waals surface area contributed by atoms with Crippen molar-refractivity contribution >= 4 is 11.6 Å². The second-order valence-electron chi connectivity index (χ2n) is 8.31. The normalized spacial score (nSPS) is 15.1. The molecule has 1 heterocycles. The minimum Gasteiger partial charge on any atom is -0.493 e. The van der Waals surface area contributed by atoms with Crippen LogP contribution in [0.1, 0.15) is 33.1 Å². The minimum atomic E-state index is -4.54. The van der Waals surface area contributed by atoms with Gasteiger partial charge in [-0.3, -0.25) is 14.9 Å². The van der Waals surface area contributed by atoms with Crippen molar-refractivity contribution in [3.63, 3.8) is 0 Å². The molecule has 0 bridgehead atoms. The van der Waals surface area contributed by atoms with Crippen LogP contribution in [0, 0.1) is 10.1 Å². The monoisotopic (exact) mass is 516 g/mol. The quantitative estimate of drug-likeness (QED) is 0.306. The van der Waals surface area contributed by atoms with E-state index >= 15 is 0 Å². The van der Waals surface area contributed by atoms with Gasteiger partial charge >= 0.3 is 6.18 Å². The van der Waals surface area contributed by atoms with Crippen LogP contribution in [0.2, 0.25) is 0 Å². The van der Waals surface area contributed by atoms with Crippen molar-refractivity contribution in [3.8, 4) is 17.2 Å². The third-order valence-electron chi connectivity index (χ3n) is 6.14. The molecule has 0 radical (unpaired) electrons. The SMILES string of the molecule is COc1cc2c(cc1OC)[C@H](COc1cccc(C(F)(F)F)c1)N(C(=O)c1cccc([N+](=O)[O-])c1)CC2. The predicted octanol–water partition coefficient (Wildman–Crippen LogP) is 5.45. The maximum atomic E-state index is 13.5. The largest absolute Gasteiger partial charge is 0.493 e. The van der Waals surface area contributed by atoms with E-state index in [1.165, 1.54) is 55.5 Å². The molecule has 3 aromatic carbocycles. The molecule has 1 aliphatic rings. The summed E-state index contributed by atoms with van der Waals surface area (Å²) in [5.41, 5.74) is 0.562. The lowest BCUT2D eigenvalue weighted by Gasteiger charge is -2.37. The van der Waals surface area contributed by atoms with Crippen LogP contribution in [-0.4, -0.2) is 43.1 Å². The summed E-state index contributed by atoms with van der Waals surface area (Å²) in [5.74, 6) is 0.430. The fraction of sp³-hybridized carbons (Fsp3) is 0.269. The Balaban J connectivity index is 1.71. The van der Waals surface area contributed by atoms with Crippen molar-refractivity contribution in [1.29, 1.82) is 0 Å². The molecule has 0 saturated heterocycles. The van der Waals surface area contributed by atoms with Crippen LogP contribution in [0.25, 0.3) is 0 Å². The van der Waals surface area contributed by atoms with Gasteiger partial charge in [-0.2, -0.15) is 13.2 Å². The highest BCUT2D eigenvalue weighted by atomic mass is 19.4. The number of nitro groups is 1. The Bertz CT molecular complexity index is 1330. The molecule has 0 fully saturated rings. The number of benzene rings is 3. The Kier molecular flexibility index (Phi) is 7.23. The van der Waals surface area contributed by atoms with Gasteiger partial charge in [-0.1, -0.05) is 12.1 Å². The summed E-state index contributed by atoms with van der Waals surface area (Å²) in [7, 11) is 2.96. The zero-order valence-electron chi connectivity index (χ0n) is 19.9. The van der Waals surface area contributed by atoms with Gasteiger partial charge in [0.25, 0.3) is 11.6 Å². The van der Waals surface area contributed by atoms with Gasteiger partial charge in [-0.05, 0) is 53.9 Å². The van der Waals surface area contributed by atoms with E-state index in [-0.39, 0.29) is 30.2 Å². The van der Waals surface area contributed by atoms with E-state index < -0.39 is 28.6 Å². The van der Waals surface area contributed by atoms with Crippen molar-refractivity contribution in [2.45, 2.75) is 18.6 Å². The maximum Gasteiger partial charge on any atom is 0.416 e. The van der Waals surface area contributed by atoms with Gasteiger partial charge in [0.2, 0.25) is 0 Å². The Hall–Kier alpha value is -4.28. The van der Waals surface area contributed by atoms with Crippen molar-refractivity contribution in [1.82, 2.24) is 4.90 Å². The molecule has 37 heavy (non-hydrogen) atoms. The molecular weight excluding hydrogens is 493 g/mol. The van der Waals surface area contributed by atoms with Gasteiger partial charge in [0.05, 0.1) is 30.7 Å². The molecule has 4 rings (SSSR count). The topological polar surface area (TPSA) is 91.1 Å². The van der Waals surface area contributed by atoms with Crippen molar-refractivity contribution < 1.29 is 37.1 Å². The Labute approximate surface area is 210 Å². The lowest BCUT2D eigenvalue weighted by atomic mass is 9.91. The number of ether oxygens (including phenoxy) is 3. The van der Waals surface area contributed by atoms with E-state index in [1.807, 2.05) is 0 Å². The van der Waals surface area contributed by atoms with Crippen LogP contribution in [-0.2, 0) is 12.6 Å². The van der Waals surface area contributed by atoms with Crippen LogP contribution in [0.5, 0.6) is 17.2 Å². The maximum absolute atomic E-state index is 13.5. The van der Waals surface area contributed by atoms with Crippen LogP contribution in [0.4, 0.5) is 18.9 Å². The standard InChI is InChI=1S/C26H23F3N2O6/c1-35-23-12-16-9-10-30(25(32)17-5-3-7-19(11-17)31(33)34)22(21(16)14-24(23)36-2)15-37-20-8-4-6-18(13-20)26(27,28)29/h3-8,11-14,22H,9-10,15H2,1-2H3/t22-/m0/s1. The number of halogens is 3. The number of hydrogen-bond acceptors (Lipinski definition) is 6. The minimum absolute atomic E-state index is 0.00910. The molecule has 3 aromatic rings. The van der Waals surface area contributed by atoms with Crippen LogP contribution >= 0.6 is 0 Å². The van der Waals surface area contributed by atoms with E-state index in [1.54, 1.807) is 12.1 Å². The summed E-state index contributed by atoms with van der Waals surface area (Å²) in [6, 6.07) is 12.6. The van der Waals surface area contributed by atoms with Crippen LogP contribution < -0.4 is 14.2 Å². The zero-order valence-corrected chi connectivity index (χ0v) is 19.9. The molecule has 0 aromatic heterocycles. The van der Waals surface area contributed by atoms with Crippen molar-refractivity contribution in [3.05, 3.63) is 93.0 Å². The fourth-order valence-electron chi connectivity index (χ4n) is 4.31. The average molecular weight is 516 g/mol. The second-order valence-corrected chi connectivity index (χ2v) is 8.31. The second kappa shape index (κ2) is 10.4. The summed E-state index contributed by atoms with van der Waals surface area (Å²) in [4.78, 5) is 25.6. The van der Waals surface area contributed by atoms with Gasteiger partial charge in [-0.25, -0.2) is 0 Å². The van der Waals surface area contributed by atoms with Crippen molar-refractivity contribution in [2.24, 2.45) is 0 Å². The summed E-state index contributed by atoms with van der Waals surface area (Å²) in [5, 5.41) is 11.2. The summed E-state index contributed by atoms with van der Waals surface area (Å²) < 4.78 is 56.1. The molecule has 1 atom stereocenters. The first kappa shape index (κ1) is 25.8. The van der Waals surface area contributed by atoms with Crippen LogP contribution in [0.3, 0.4) is 0 Å². The van der Waals surface area contributed by atoms with E-state index in [2.05, 4.69) is 0 Å². The fourth-order valence-corrected chi connectivity index (χ4v) is 4.31. The first-order valence-corrected chi connectivity index (χ1v) is 11.2. The first-order chi connectivity index (χ1) is 17.6. The predicted molar refractivity (Wildman–Crippen MR) is 127 cm³/mol. The number of nitro benzene ring substituents is 1. The summed E-state index contributed by atoms with van der Waals surface area (Å²) >= 11 is 0. The lowest BCUT2D eigenvalue weighted by Crippen LogP contribution is -2.42. The number of nitrogens with zero attached hydrogens (tertiary/aromatic N) is 2. The Morgan fingerprint density at radius 2 is 1.76 bits per heavy atom. The molecule has 0 spiro atoms. The third kappa shape index (κ3) is 5.45. The summed E-state index contributed by atoms with van der Waals surface area (Å²) in [6.45, 7) is 0.0884. The third-order valence-corrected chi connectivity index (χ3v) is 6.14. The van der Waals surface area contributed by atoms with Crippen molar-refractivity contribution in [2.75, 3.05) is 27.4 Å². The molecule has 0 aliphatic carbocycles. The number of carbonyl (C=O) groups excluding carboxylic acids is 1. The molecule has 1 amide bonds. The number of fused-ring (bicyclic) bond motifs is 1. The van der Waals surface area contributed by atoms with E-state index in [0.29, 0.717) is 23.5 Å². The lowest BCUT2D eigenvalue weighted by molar-refractivity contribution is -0.384. The Morgan fingerprint density at radius 1 is 1.05 bits per heavy atom. The van der Waals surface area contributed by atoms with E-state index in [4.69, 9.17) is 14.2 Å². The first-order valence-electron chi connectivity index (χ1n) is 11.2. The van der Waals surface area contributed by atoms with Crippen LogP contribution in [0.15, 0.2) is 60.7 Å². The van der Waals surface area contributed by atoms with Gasteiger partial charge in [0.1, 0.15) is 12.4 Å². The number of rotatable bonds is 7. The number of carbonyl (C=O) groups is 1. The van der Waals surface area contributed by atoms with Gasteiger partial charge in [-0.15, -0.1) is 0 Å². The number of methoxy groups -OCH3 is 2. The van der Waals surface area contributed by atoms with E-state index in [0.717, 1.165) is 17.7 Å². The Morgan fingerprint density at radius 3 is 2.43 bits per heavy atom. The molecule has 0 saturated carbocycles.